The van der Waals surface area contributed by atoms with Crippen LogP contribution in [0.2, 0.25) is 0 Å². The van der Waals surface area contributed by atoms with Crippen molar-refractivity contribution in [1.82, 2.24) is 4.90 Å². The zero-order chi connectivity index (χ0) is 25.4. The lowest BCUT2D eigenvalue weighted by Gasteiger charge is -2.23. The second-order valence-corrected chi connectivity index (χ2v) is 11.8. The molecule has 7 heteroatoms. The van der Waals surface area contributed by atoms with Crippen molar-refractivity contribution < 1.29 is 28.7 Å². The first kappa shape index (κ1) is 29.1. The van der Waals surface area contributed by atoms with Gasteiger partial charge >= 0.3 is 11.9 Å². The Balaban J connectivity index is 0.000000335. The first-order valence-electron chi connectivity index (χ1n) is 12.2. The molecule has 0 aliphatic heterocycles. The fourth-order valence-corrected chi connectivity index (χ4v) is 3.54. The number of nitrogens with zero attached hydrogens (tertiary/aromatic N) is 1. The first-order chi connectivity index (χ1) is 15.1. The smallest absolute Gasteiger partial charge is 0.307 e. The number of aldehydes is 1. The standard InChI is InChI=1S/C14H25NO3.C12H20O3/c1-14(2,3)18-12(16)9-11(8-10-6-7-10)13(17)15(4)5;1-12(2,3)15-11(14)7-10(8-13)6-9-4-5-9/h10-11H,6-9H2,1-5H3;8-10H,4-7H2,1-3H3/t11-;10-/m11/s1. The highest BCUT2D eigenvalue weighted by Gasteiger charge is 2.33. The van der Waals surface area contributed by atoms with Gasteiger partial charge in [-0.3, -0.25) is 14.4 Å². The fraction of sp³-hybridized carbons (Fsp3) is 0.846. The molecule has 0 spiro atoms. The van der Waals surface area contributed by atoms with Gasteiger partial charge in [0, 0.05) is 25.9 Å². The van der Waals surface area contributed by atoms with Crippen LogP contribution in [-0.4, -0.2) is 54.3 Å². The average Bonchev–Trinajstić information content (AvgIpc) is 3.53. The molecule has 7 nitrogen and oxygen atoms in total. The number of hydrogen-bond acceptors (Lipinski definition) is 6. The fourth-order valence-electron chi connectivity index (χ4n) is 3.54. The maximum absolute atomic E-state index is 12.0. The molecule has 2 saturated carbocycles. The van der Waals surface area contributed by atoms with Gasteiger partial charge in [-0.1, -0.05) is 25.7 Å². The van der Waals surface area contributed by atoms with Gasteiger partial charge in [-0.2, -0.15) is 0 Å². The molecule has 0 saturated heterocycles. The molecular weight excluding hydrogens is 422 g/mol. The SMILES string of the molecule is CC(C)(C)OC(=O)C[C@H](C=O)CC1CC1.CN(C)C(=O)[C@@H](CC(=O)OC(C)(C)C)CC1CC1. The maximum Gasteiger partial charge on any atom is 0.307 e. The van der Waals surface area contributed by atoms with Gasteiger partial charge in [-0.25, -0.2) is 0 Å². The maximum atomic E-state index is 12.0. The minimum Gasteiger partial charge on any atom is -0.460 e. The Bertz CT molecular complexity index is 665. The second kappa shape index (κ2) is 12.5. The van der Waals surface area contributed by atoms with Gasteiger partial charge in [-0.05, 0) is 66.2 Å². The molecule has 2 atom stereocenters. The van der Waals surface area contributed by atoms with Crippen molar-refractivity contribution in [2.45, 2.75) is 104 Å². The molecule has 33 heavy (non-hydrogen) atoms. The quantitative estimate of drug-likeness (QED) is 0.346. The number of rotatable bonds is 10. The summed E-state index contributed by atoms with van der Waals surface area (Å²) in [7, 11) is 3.47. The molecule has 190 valence electrons. The van der Waals surface area contributed by atoms with Crippen molar-refractivity contribution in [3.05, 3.63) is 0 Å². The molecular formula is C26H45NO6. The highest BCUT2D eigenvalue weighted by molar-refractivity contribution is 5.83. The highest BCUT2D eigenvalue weighted by Crippen LogP contribution is 2.37. The molecule has 0 N–H and O–H groups in total. The van der Waals surface area contributed by atoms with Crippen molar-refractivity contribution in [2.75, 3.05) is 14.1 Å². The van der Waals surface area contributed by atoms with Crippen LogP contribution in [0, 0.1) is 23.7 Å². The van der Waals surface area contributed by atoms with Crippen LogP contribution in [0.25, 0.3) is 0 Å². The lowest BCUT2D eigenvalue weighted by Crippen LogP contribution is -2.33. The minimum absolute atomic E-state index is 0.0350. The molecule has 2 fully saturated rings. The Kier molecular flexibility index (Phi) is 11.0. The normalized spacial score (nSPS) is 17.7. The molecule has 2 aliphatic rings. The molecule has 1 amide bonds. The second-order valence-electron chi connectivity index (χ2n) is 11.8. The zero-order valence-electron chi connectivity index (χ0n) is 21.9. The molecule has 0 unspecified atom stereocenters. The lowest BCUT2D eigenvalue weighted by molar-refractivity contribution is -0.158. The third kappa shape index (κ3) is 14.8. The van der Waals surface area contributed by atoms with E-state index < -0.39 is 11.2 Å². The summed E-state index contributed by atoms with van der Waals surface area (Å²) in [5.74, 6) is 0.426. The van der Waals surface area contributed by atoms with E-state index >= 15 is 0 Å². The van der Waals surface area contributed by atoms with E-state index in [4.69, 9.17) is 9.47 Å². The van der Waals surface area contributed by atoms with Crippen LogP contribution in [0.3, 0.4) is 0 Å². The molecule has 0 radical (unpaired) electrons. The van der Waals surface area contributed by atoms with E-state index in [0.29, 0.717) is 11.8 Å². The average molecular weight is 468 g/mol. The van der Waals surface area contributed by atoms with Crippen LogP contribution >= 0.6 is 0 Å². The van der Waals surface area contributed by atoms with Crippen LogP contribution in [0.5, 0.6) is 0 Å². The van der Waals surface area contributed by atoms with E-state index in [9.17, 15) is 19.2 Å². The summed E-state index contributed by atoms with van der Waals surface area (Å²) >= 11 is 0. The Morgan fingerprint density at radius 2 is 1.24 bits per heavy atom. The summed E-state index contributed by atoms with van der Waals surface area (Å²) in [6, 6.07) is 0. The van der Waals surface area contributed by atoms with Crippen LogP contribution in [-0.2, 0) is 28.7 Å². The monoisotopic (exact) mass is 467 g/mol. The first-order valence-corrected chi connectivity index (χ1v) is 12.2. The van der Waals surface area contributed by atoms with Crippen LogP contribution in [0.15, 0.2) is 0 Å². The summed E-state index contributed by atoms with van der Waals surface area (Å²) < 4.78 is 10.5. The van der Waals surface area contributed by atoms with Crippen molar-refractivity contribution >= 4 is 24.1 Å². The summed E-state index contributed by atoms with van der Waals surface area (Å²) in [6.07, 6.45) is 7.78. The van der Waals surface area contributed by atoms with E-state index in [1.807, 2.05) is 41.5 Å². The molecule has 0 aromatic rings. The van der Waals surface area contributed by atoms with E-state index in [0.717, 1.165) is 19.1 Å². The Hall–Kier alpha value is -1.92. The van der Waals surface area contributed by atoms with E-state index in [1.54, 1.807) is 19.0 Å². The number of carbonyl (C=O) groups is 4. The summed E-state index contributed by atoms with van der Waals surface area (Å²) in [4.78, 5) is 47.6. The summed E-state index contributed by atoms with van der Waals surface area (Å²) in [5.41, 5.74) is -0.938. The highest BCUT2D eigenvalue weighted by atomic mass is 16.6. The van der Waals surface area contributed by atoms with Crippen molar-refractivity contribution in [3.8, 4) is 0 Å². The van der Waals surface area contributed by atoms with Gasteiger partial charge < -0.3 is 19.2 Å². The van der Waals surface area contributed by atoms with E-state index in [-0.39, 0.29) is 42.5 Å². The Labute approximate surface area is 199 Å². The lowest BCUT2D eigenvalue weighted by atomic mass is 9.97. The number of amides is 1. The minimum atomic E-state index is -0.484. The number of carbonyl (C=O) groups excluding carboxylic acids is 4. The molecule has 0 aromatic carbocycles. The van der Waals surface area contributed by atoms with Crippen LogP contribution in [0.1, 0.15) is 92.9 Å². The van der Waals surface area contributed by atoms with Gasteiger partial charge in [0.05, 0.1) is 12.8 Å². The van der Waals surface area contributed by atoms with Gasteiger partial charge in [0.25, 0.3) is 0 Å². The molecule has 0 aromatic heterocycles. The van der Waals surface area contributed by atoms with Crippen LogP contribution < -0.4 is 0 Å². The third-order valence-electron chi connectivity index (χ3n) is 5.31. The van der Waals surface area contributed by atoms with E-state index in [1.165, 1.54) is 25.7 Å². The Morgan fingerprint density at radius 3 is 1.61 bits per heavy atom. The summed E-state index contributed by atoms with van der Waals surface area (Å²) in [6.45, 7) is 11.0. The Morgan fingerprint density at radius 1 is 0.818 bits per heavy atom. The van der Waals surface area contributed by atoms with Gasteiger partial charge in [0.1, 0.15) is 17.5 Å². The number of esters is 2. The van der Waals surface area contributed by atoms with Crippen molar-refractivity contribution in [2.24, 2.45) is 23.7 Å². The topological polar surface area (TPSA) is 90.0 Å². The van der Waals surface area contributed by atoms with Crippen molar-refractivity contribution in [1.29, 1.82) is 0 Å². The zero-order valence-corrected chi connectivity index (χ0v) is 21.9. The number of hydrogen-bond donors (Lipinski definition) is 0. The summed E-state index contributed by atoms with van der Waals surface area (Å²) in [5, 5.41) is 0. The predicted molar refractivity (Wildman–Crippen MR) is 127 cm³/mol. The van der Waals surface area contributed by atoms with Gasteiger partial charge in [0.15, 0.2) is 0 Å². The molecule has 2 rings (SSSR count). The largest absolute Gasteiger partial charge is 0.460 e. The number of ether oxygens (including phenoxy) is 2. The third-order valence-corrected chi connectivity index (χ3v) is 5.31. The van der Waals surface area contributed by atoms with Crippen LogP contribution in [0.4, 0.5) is 0 Å². The molecule has 0 bridgehead atoms. The van der Waals surface area contributed by atoms with Crippen molar-refractivity contribution in [3.63, 3.8) is 0 Å². The molecule has 2 aliphatic carbocycles. The van der Waals surface area contributed by atoms with Gasteiger partial charge in [0.2, 0.25) is 5.91 Å². The molecule has 0 heterocycles. The predicted octanol–water partition coefficient (Wildman–Crippen LogP) is 4.56. The van der Waals surface area contributed by atoms with E-state index in [2.05, 4.69) is 0 Å². The van der Waals surface area contributed by atoms with Gasteiger partial charge in [-0.15, -0.1) is 0 Å².